The Kier molecular flexibility index (Phi) is 5.77. The number of carbonyl (C=O) groups is 1. The summed E-state index contributed by atoms with van der Waals surface area (Å²) in [4.78, 5) is 19.0. The molecule has 1 aliphatic heterocycles. The summed E-state index contributed by atoms with van der Waals surface area (Å²) >= 11 is 0. The fraction of sp³-hybridized carbons (Fsp3) is 0.588. The minimum Gasteiger partial charge on any atom is -0.444 e. The topological polar surface area (TPSA) is 108 Å². The maximum absolute atomic E-state index is 12.2. The smallest absolute Gasteiger partial charge is 0.410 e. The summed E-state index contributed by atoms with van der Waals surface area (Å²) in [5.41, 5.74) is 17.4. The van der Waals surface area contributed by atoms with E-state index in [0.29, 0.717) is 38.4 Å². The quantitative estimate of drug-likeness (QED) is 0.513. The molecular formula is C17H26N6O2. The van der Waals surface area contributed by atoms with Crippen molar-refractivity contribution in [2.45, 2.75) is 39.8 Å². The maximum Gasteiger partial charge on any atom is 0.410 e. The van der Waals surface area contributed by atoms with Gasteiger partial charge in [-0.2, -0.15) is 0 Å². The van der Waals surface area contributed by atoms with Crippen LogP contribution < -0.4 is 10.6 Å². The van der Waals surface area contributed by atoms with E-state index in [9.17, 15) is 4.79 Å². The summed E-state index contributed by atoms with van der Waals surface area (Å²) in [6.45, 7) is 10.4. The fourth-order valence-corrected chi connectivity index (χ4v) is 2.80. The van der Waals surface area contributed by atoms with E-state index >= 15 is 0 Å². The van der Waals surface area contributed by atoms with Crippen molar-refractivity contribution in [2.75, 3.05) is 31.1 Å². The van der Waals surface area contributed by atoms with Crippen molar-refractivity contribution in [3.05, 3.63) is 33.7 Å². The predicted molar refractivity (Wildman–Crippen MR) is 97.9 cm³/mol. The van der Waals surface area contributed by atoms with E-state index in [2.05, 4.69) is 14.9 Å². The van der Waals surface area contributed by atoms with Crippen molar-refractivity contribution in [2.24, 2.45) is 10.8 Å². The van der Waals surface area contributed by atoms with Gasteiger partial charge in [0.1, 0.15) is 5.60 Å². The molecule has 2 rings (SSSR count). The third kappa shape index (κ3) is 4.78. The Hall–Kier alpha value is -2.44. The van der Waals surface area contributed by atoms with E-state index in [-0.39, 0.29) is 6.09 Å². The molecule has 8 nitrogen and oxygen atoms in total. The van der Waals surface area contributed by atoms with E-state index in [1.54, 1.807) is 4.90 Å². The number of anilines is 1. The molecule has 0 unspecified atom stereocenters. The average Bonchev–Trinajstić information content (AvgIpc) is 2.55. The van der Waals surface area contributed by atoms with Gasteiger partial charge >= 0.3 is 6.09 Å². The van der Waals surface area contributed by atoms with Crippen molar-refractivity contribution >= 4 is 17.5 Å². The lowest BCUT2D eigenvalue weighted by Gasteiger charge is -2.37. The molecule has 1 amide bonds. The second-order valence-corrected chi connectivity index (χ2v) is 7.11. The molecule has 1 saturated heterocycles. The van der Waals surface area contributed by atoms with Gasteiger partial charge in [0.2, 0.25) is 0 Å². The molecule has 2 N–H and O–H groups in total. The summed E-state index contributed by atoms with van der Waals surface area (Å²) in [7, 11) is 0. The molecule has 0 aliphatic carbocycles. The first-order valence-corrected chi connectivity index (χ1v) is 8.36. The Bertz CT molecular complexity index is 683. The van der Waals surface area contributed by atoms with E-state index in [0.717, 1.165) is 16.8 Å². The largest absolute Gasteiger partial charge is 0.444 e. The van der Waals surface area contributed by atoms with Gasteiger partial charge in [-0.1, -0.05) is 5.11 Å². The Labute approximate surface area is 148 Å². The lowest BCUT2D eigenvalue weighted by molar-refractivity contribution is 0.0240. The Morgan fingerprint density at radius 1 is 1.32 bits per heavy atom. The van der Waals surface area contributed by atoms with E-state index < -0.39 is 5.60 Å². The molecule has 1 heterocycles. The molecule has 0 saturated carbocycles. The fourth-order valence-electron chi connectivity index (χ4n) is 2.80. The zero-order valence-corrected chi connectivity index (χ0v) is 15.3. The van der Waals surface area contributed by atoms with Crippen LogP contribution in [0.1, 0.15) is 31.9 Å². The zero-order valence-electron chi connectivity index (χ0n) is 15.3. The van der Waals surface area contributed by atoms with Gasteiger partial charge in [0.05, 0.1) is 0 Å². The minimum atomic E-state index is -0.496. The van der Waals surface area contributed by atoms with Crippen molar-refractivity contribution in [3.8, 4) is 0 Å². The van der Waals surface area contributed by atoms with Gasteiger partial charge in [-0.05, 0) is 56.5 Å². The normalized spacial score (nSPS) is 14.9. The van der Waals surface area contributed by atoms with Crippen LogP contribution in [0.25, 0.3) is 10.4 Å². The Balaban J connectivity index is 2.14. The van der Waals surface area contributed by atoms with E-state index in [1.807, 2.05) is 39.8 Å². The van der Waals surface area contributed by atoms with E-state index in [4.69, 9.17) is 16.0 Å². The molecule has 1 fully saturated rings. The number of hydrogen-bond donors (Lipinski definition) is 1. The lowest BCUT2D eigenvalue weighted by atomic mass is 10.1. The van der Waals surface area contributed by atoms with E-state index in [1.165, 1.54) is 0 Å². The van der Waals surface area contributed by atoms with Gasteiger partial charge in [-0.15, -0.1) is 0 Å². The molecule has 136 valence electrons. The van der Waals surface area contributed by atoms with Crippen molar-refractivity contribution in [1.29, 1.82) is 0 Å². The summed E-state index contributed by atoms with van der Waals surface area (Å²) in [6, 6.07) is 3.84. The third-order valence-corrected chi connectivity index (χ3v) is 4.07. The van der Waals surface area contributed by atoms with Crippen molar-refractivity contribution in [3.63, 3.8) is 0 Å². The first-order chi connectivity index (χ1) is 11.7. The van der Waals surface area contributed by atoms with Gasteiger partial charge < -0.3 is 20.3 Å². The Morgan fingerprint density at radius 3 is 2.48 bits per heavy atom. The SMILES string of the molecule is Cc1c(N=[N+]=[N-])cc(CN)cc1N1CCN(C(=O)OC(C)(C)C)CC1. The van der Waals surface area contributed by atoms with Gasteiger partial charge in [0, 0.05) is 49.0 Å². The summed E-state index contributed by atoms with van der Waals surface area (Å²) in [5, 5.41) is 3.77. The van der Waals surface area contributed by atoms with Crippen molar-refractivity contribution < 1.29 is 9.53 Å². The van der Waals surface area contributed by atoms with Crippen LogP contribution in [-0.2, 0) is 11.3 Å². The van der Waals surface area contributed by atoms with Crippen LogP contribution in [0.2, 0.25) is 0 Å². The number of amides is 1. The zero-order chi connectivity index (χ0) is 18.6. The minimum absolute atomic E-state index is 0.283. The molecule has 1 aromatic carbocycles. The third-order valence-electron chi connectivity index (χ3n) is 4.07. The highest BCUT2D eigenvalue weighted by Gasteiger charge is 2.26. The Morgan fingerprint density at radius 2 is 1.96 bits per heavy atom. The number of rotatable bonds is 3. The number of nitrogens with zero attached hydrogens (tertiary/aromatic N) is 5. The average molecular weight is 346 g/mol. The first-order valence-electron chi connectivity index (χ1n) is 8.36. The predicted octanol–water partition coefficient (Wildman–Crippen LogP) is 3.45. The molecule has 1 aliphatic rings. The van der Waals surface area contributed by atoms with Crippen LogP contribution in [0.15, 0.2) is 17.2 Å². The van der Waals surface area contributed by atoms with Gasteiger partial charge in [0.15, 0.2) is 0 Å². The van der Waals surface area contributed by atoms with Gasteiger partial charge in [0.25, 0.3) is 0 Å². The molecule has 1 aromatic rings. The molecular weight excluding hydrogens is 320 g/mol. The van der Waals surface area contributed by atoms with Crippen molar-refractivity contribution in [1.82, 2.24) is 4.90 Å². The van der Waals surface area contributed by atoms with Crippen LogP contribution in [0.4, 0.5) is 16.2 Å². The highest BCUT2D eigenvalue weighted by molar-refractivity contribution is 5.70. The summed E-state index contributed by atoms with van der Waals surface area (Å²) < 4.78 is 5.43. The van der Waals surface area contributed by atoms with Crippen LogP contribution in [0.3, 0.4) is 0 Å². The van der Waals surface area contributed by atoms with Gasteiger partial charge in [-0.25, -0.2) is 4.79 Å². The highest BCUT2D eigenvalue weighted by Crippen LogP contribution is 2.32. The highest BCUT2D eigenvalue weighted by atomic mass is 16.6. The van der Waals surface area contributed by atoms with Crippen LogP contribution in [-0.4, -0.2) is 42.8 Å². The lowest BCUT2D eigenvalue weighted by Crippen LogP contribution is -2.50. The summed E-state index contributed by atoms with van der Waals surface area (Å²) in [6.07, 6.45) is -0.283. The standard InChI is InChI=1S/C17H26N6O2/c1-12-14(20-21-19)9-13(11-18)10-15(12)22-5-7-23(8-6-22)16(24)25-17(2,3)4/h9-10H,5-8,11,18H2,1-4H3. The molecule has 8 heteroatoms. The number of carbonyl (C=O) groups excluding carboxylic acids is 1. The van der Waals surface area contributed by atoms with Crippen LogP contribution in [0.5, 0.6) is 0 Å². The van der Waals surface area contributed by atoms with Crippen LogP contribution >= 0.6 is 0 Å². The second-order valence-electron chi connectivity index (χ2n) is 7.11. The maximum atomic E-state index is 12.2. The number of piperazine rings is 1. The number of hydrogen-bond acceptors (Lipinski definition) is 5. The number of ether oxygens (including phenoxy) is 1. The first kappa shape index (κ1) is 18.9. The molecule has 25 heavy (non-hydrogen) atoms. The molecule has 0 radical (unpaired) electrons. The molecule has 0 bridgehead atoms. The second kappa shape index (κ2) is 7.63. The molecule has 0 aromatic heterocycles. The molecule has 0 atom stereocenters. The monoisotopic (exact) mass is 346 g/mol. The number of nitrogens with two attached hydrogens (primary N) is 1. The number of benzene rings is 1. The number of azide groups is 1. The van der Waals surface area contributed by atoms with Crippen LogP contribution in [0, 0.1) is 6.92 Å². The van der Waals surface area contributed by atoms with Gasteiger partial charge in [-0.3, -0.25) is 0 Å². The molecule has 0 spiro atoms. The summed E-state index contributed by atoms with van der Waals surface area (Å²) in [5.74, 6) is 0.